The third-order valence-electron chi connectivity index (χ3n) is 5.42. The number of rotatable bonds is 9. The van der Waals surface area contributed by atoms with Crippen molar-refractivity contribution in [2.75, 3.05) is 31.7 Å². The van der Waals surface area contributed by atoms with Gasteiger partial charge in [-0.3, -0.25) is 4.79 Å². The van der Waals surface area contributed by atoms with Crippen LogP contribution in [0.4, 0.5) is 5.69 Å². The summed E-state index contributed by atoms with van der Waals surface area (Å²) in [5.74, 6) is 1.82. The molecule has 0 bridgehead atoms. The van der Waals surface area contributed by atoms with Crippen LogP contribution in [-0.4, -0.2) is 43.9 Å². The molecule has 3 aromatic rings. The van der Waals surface area contributed by atoms with Crippen molar-refractivity contribution in [3.63, 3.8) is 0 Å². The van der Waals surface area contributed by atoms with Crippen molar-refractivity contribution in [1.29, 1.82) is 0 Å². The molecule has 0 fully saturated rings. The van der Waals surface area contributed by atoms with Crippen LogP contribution in [0.3, 0.4) is 0 Å². The maximum absolute atomic E-state index is 12.7. The molecule has 1 amide bonds. The SMILES string of the molecule is COc1cc(CNC(=O)CN2C[C@@H](CO)Oc3ccccc32)ccc1OCc1ccccc1. The fourth-order valence-electron chi connectivity index (χ4n) is 3.73. The van der Waals surface area contributed by atoms with Gasteiger partial charge in [0.1, 0.15) is 18.5 Å². The molecular weight excluding hydrogens is 420 g/mol. The van der Waals surface area contributed by atoms with Gasteiger partial charge in [0.05, 0.1) is 32.5 Å². The number of amides is 1. The molecule has 2 N–H and O–H groups in total. The summed E-state index contributed by atoms with van der Waals surface area (Å²) in [4.78, 5) is 14.6. The second kappa shape index (κ2) is 10.7. The Morgan fingerprint density at radius 2 is 1.85 bits per heavy atom. The number of nitrogens with zero attached hydrogens (tertiary/aromatic N) is 1. The van der Waals surface area contributed by atoms with Crippen molar-refractivity contribution in [3.8, 4) is 17.2 Å². The van der Waals surface area contributed by atoms with Crippen molar-refractivity contribution >= 4 is 11.6 Å². The second-order valence-electron chi connectivity index (χ2n) is 7.81. The van der Waals surface area contributed by atoms with E-state index in [1.165, 1.54) is 0 Å². The van der Waals surface area contributed by atoms with Crippen LogP contribution in [0.15, 0.2) is 72.8 Å². The summed E-state index contributed by atoms with van der Waals surface area (Å²) in [5, 5.41) is 12.5. The fraction of sp³-hybridized carbons (Fsp3) is 0.269. The Hall–Kier alpha value is -3.71. The van der Waals surface area contributed by atoms with Gasteiger partial charge in [0.25, 0.3) is 0 Å². The standard InChI is InChI=1S/C26H28N2O5/c1-31-25-13-20(11-12-24(25)32-18-19-7-3-2-4-8-19)14-27-26(30)16-28-15-21(17-29)33-23-10-6-5-9-22(23)28/h2-13,21,29H,14-18H2,1H3,(H,27,30)/t21-/m0/s1. The highest BCUT2D eigenvalue weighted by molar-refractivity contribution is 5.82. The number of carbonyl (C=O) groups is 1. The number of carbonyl (C=O) groups excluding carboxylic acids is 1. The van der Waals surface area contributed by atoms with E-state index in [0.29, 0.717) is 36.9 Å². The molecule has 0 unspecified atom stereocenters. The Balaban J connectivity index is 1.34. The third kappa shape index (κ3) is 5.75. The van der Waals surface area contributed by atoms with Crippen LogP contribution in [-0.2, 0) is 17.9 Å². The summed E-state index contributed by atoms with van der Waals surface area (Å²) in [6.45, 7) is 1.33. The zero-order valence-corrected chi connectivity index (χ0v) is 18.6. The minimum absolute atomic E-state index is 0.106. The van der Waals surface area contributed by atoms with Gasteiger partial charge in [0, 0.05) is 6.54 Å². The largest absolute Gasteiger partial charge is 0.493 e. The summed E-state index contributed by atoms with van der Waals surface area (Å²) in [7, 11) is 1.60. The Morgan fingerprint density at radius 3 is 2.64 bits per heavy atom. The van der Waals surface area contributed by atoms with Gasteiger partial charge >= 0.3 is 0 Å². The lowest BCUT2D eigenvalue weighted by Crippen LogP contribution is -2.46. The van der Waals surface area contributed by atoms with E-state index in [0.717, 1.165) is 16.8 Å². The summed E-state index contributed by atoms with van der Waals surface area (Å²) in [5.41, 5.74) is 2.82. The highest BCUT2D eigenvalue weighted by Crippen LogP contribution is 2.33. The molecule has 0 aromatic heterocycles. The third-order valence-corrected chi connectivity index (χ3v) is 5.42. The molecule has 0 aliphatic carbocycles. The summed E-state index contributed by atoms with van der Waals surface area (Å²) >= 11 is 0. The molecule has 1 aliphatic heterocycles. The predicted molar refractivity (Wildman–Crippen MR) is 126 cm³/mol. The molecule has 0 spiro atoms. The lowest BCUT2D eigenvalue weighted by atomic mass is 10.2. The number of nitrogens with one attached hydrogen (secondary N) is 1. The van der Waals surface area contributed by atoms with E-state index in [1.807, 2.05) is 77.7 Å². The highest BCUT2D eigenvalue weighted by atomic mass is 16.5. The van der Waals surface area contributed by atoms with Crippen LogP contribution < -0.4 is 24.4 Å². The normalized spacial score (nSPS) is 14.7. The minimum Gasteiger partial charge on any atom is -0.493 e. The van der Waals surface area contributed by atoms with E-state index in [9.17, 15) is 9.90 Å². The van der Waals surface area contributed by atoms with Gasteiger partial charge in [-0.2, -0.15) is 0 Å². The van der Waals surface area contributed by atoms with Gasteiger partial charge in [-0.25, -0.2) is 0 Å². The number of ether oxygens (including phenoxy) is 3. The van der Waals surface area contributed by atoms with Crippen LogP contribution in [0.2, 0.25) is 0 Å². The van der Waals surface area contributed by atoms with Crippen LogP contribution in [0.1, 0.15) is 11.1 Å². The molecule has 1 aliphatic rings. The van der Waals surface area contributed by atoms with E-state index < -0.39 is 0 Å². The van der Waals surface area contributed by atoms with E-state index in [-0.39, 0.29) is 25.2 Å². The van der Waals surface area contributed by atoms with Gasteiger partial charge < -0.3 is 29.5 Å². The molecule has 7 nitrogen and oxygen atoms in total. The summed E-state index contributed by atoms with van der Waals surface area (Å²) < 4.78 is 17.1. The number of hydrogen-bond donors (Lipinski definition) is 2. The van der Waals surface area contributed by atoms with E-state index >= 15 is 0 Å². The number of benzene rings is 3. The molecule has 0 saturated heterocycles. The van der Waals surface area contributed by atoms with Crippen molar-refractivity contribution in [1.82, 2.24) is 5.32 Å². The number of methoxy groups -OCH3 is 1. The maximum Gasteiger partial charge on any atom is 0.239 e. The Morgan fingerprint density at radius 1 is 1.06 bits per heavy atom. The highest BCUT2D eigenvalue weighted by Gasteiger charge is 2.26. The van der Waals surface area contributed by atoms with Gasteiger partial charge in [-0.1, -0.05) is 48.5 Å². The predicted octanol–water partition coefficient (Wildman–Crippen LogP) is 3.15. The van der Waals surface area contributed by atoms with Gasteiger partial charge in [-0.15, -0.1) is 0 Å². The topological polar surface area (TPSA) is 80.3 Å². The second-order valence-corrected chi connectivity index (χ2v) is 7.81. The van der Waals surface area contributed by atoms with E-state index in [2.05, 4.69) is 5.32 Å². The van der Waals surface area contributed by atoms with E-state index in [1.54, 1.807) is 7.11 Å². The zero-order chi connectivity index (χ0) is 23.0. The van der Waals surface area contributed by atoms with Crippen LogP contribution >= 0.6 is 0 Å². The number of aliphatic hydroxyl groups is 1. The first-order chi connectivity index (χ1) is 16.2. The summed E-state index contributed by atoms with van der Waals surface area (Å²) in [6, 6.07) is 23.1. The fourth-order valence-corrected chi connectivity index (χ4v) is 3.73. The number of hydrogen-bond acceptors (Lipinski definition) is 6. The number of aliphatic hydroxyl groups excluding tert-OH is 1. The molecule has 3 aromatic carbocycles. The molecule has 33 heavy (non-hydrogen) atoms. The van der Waals surface area contributed by atoms with E-state index in [4.69, 9.17) is 14.2 Å². The smallest absolute Gasteiger partial charge is 0.239 e. The molecular formula is C26H28N2O5. The number of anilines is 1. The number of fused-ring (bicyclic) bond motifs is 1. The van der Waals surface area contributed by atoms with Crippen LogP contribution in [0, 0.1) is 0 Å². The van der Waals surface area contributed by atoms with Crippen molar-refractivity contribution < 1.29 is 24.1 Å². The maximum atomic E-state index is 12.7. The average molecular weight is 449 g/mol. The molecule has 7 heteroatoms. The first kappa shape index (κ1) is 22.5. The first-order valence-corrected chi connectivity index (χ1v) is 10.9. The lowest BCUT2D eigenvalue weighted by molar-refractivity contribution is -0.120. The van der Waals surface area contributed by atoms with Crippen molar-refractivity contribution in [3.05, 3.63) is 83.9 Å². The molecule has 1 atom stereocenters. The molecule has 172 valence electrons. The van der Waals surface area contributed by atoms with Gasteiger partial charge in [0.15, 0.2) is 11.5 Å². The Bertz CT molecular complexity index is 1070. The summed E-state index contributed by atoms with van der Waals surface area (Å²) in [6.07, 6.45) is -0.361. The van der Waals surface area contributed by atoms with Gasteiger partial charge in [-0.05, 0) is 35.4 Å². The van der Waals surface area contributed by atoms with Crippen molar-refractivity contribution in [2.24, 2.45) is 0 Å². The molecule has 0 radical (unpaired) electrons. The quantitative estimate of drug-likeness (QED) is 0.524. The lowest BCUT2D eigenvalue weighted by Gasteiger charge is -2.35. The minimum atomic E-state index is -0.361. The Kier molecular flexibility index (Phi) is 7.32. The Labute approximate surface area is 193 Å². The number of para-hydroxylation sites is 2. The average Bonchev–Trinajstić information content (AvgIpc) is 2.86. The van der Waals surface area contributed by atoms with Crippen LogP contribution in [0.25, 0.3) is 0 Å². The van der Waals surface area contributed by atoms with Crippen LogP contribution in [0.5, 0.6) is 17.2 Å². The zero-order valence-electron chi connectivity index (χ0n) is 18.6. The van der Waals surface area contributed by atoms with Crippen molar-refractivity contribution in [2.45, 2.75) is 19.3 Å². The molecule has 0 saturated carbocycles. The van der Waals surface area contributed by atoms with Gasteiger partial charge in [0.2, 0.25) is 5.91 Å². The monoisotopic (exact) mass is 448 g/mol. The molecule has 4 rings (SSSR count). The first-order valence-electron chi connectivity index (χ1n) is 10.9. The molecule has 1 heterocycles.